The van der Waals surface area contributed by atoms with Crippen LogP contribution in [-0.2, 0) is 7.05 Å². The van der Waals surface area contributed by atoms with Gasteiger partial charge in [0.2, 0.25) is 4.77 Å². The number of aryl methyl sites for hydroxylation is 1. The lowest BCUT2D eigenvalue weighted by molar-refractivity contribution is 0.756. The van der Waals surface area contributed by atoms with E-state index in [-0.39, 0.29) is 0 Å². The Labute approximate surface area is 68.9 Å². The predicted molar refractivity (Wildman–Crippen MR) is 45.0 cm³/mol. The molecule has 0 atom stereocenters. The fraction of sp³-hybridized carbons (Fsp3) is 0.143. The number of hydrogen-bond donors (Lipinski definition) is 0. The lowest BCUT2D eigenvalue weighted by Gasteiger charge is -1.86. The summed E-state index contributed by atoms with van der Waals surface area (Å²) in [7, 11) is 1.84. The molecule has 2 aromatic rings. The molecule has 2 heterocycles. The molecule has 0 bridgehead atoms. The number of rotatable bonds is 0. The van der Waals surface area contributed by atoms with Gasteiger partial charge in [0.15, 0.2) is 5.65 Å². The van der Waals surface area contributed by atoms with Gasteiger partial charge in [-0.25, -0.2) is 4.68 Å². The van der Waals surface area contributed by atoms with E-state index < -0.39 is 0 Å². The highest BCUT2D eigenvalue weighted by molar-refractivity contribution is 7.71. The van der Waals surface area contributed by atoms with Gasteiger partial charge in [-0.05, 0) is 24.4 Å². The van der Waals surface area contributed by atoms with Gasteiger partial charge in [0, 0.05) is 13.2 Å². The van der Waals surface area contributed by atoms with Crippen molar-refractivity contribution in [3.05, 3.63) is 29.2 Å². The Morgan fingerprint density at radius 3 is 3.00 bits per heavy atom. The molecule has 2 aromatic heterocycles. The molecule has 0 saturated carbocycles. The average molecular weight is 165 g/mol. The van der Waals surface area contributed by atoms with E-state index in [1.807, 2.05) is 35.8 Å². The van der Waals surface area contributed by atoms with Crippen molar-refractivity contribution in [2.75, 3.05) is 0 Å². The summed E-state index contributed by atoms with van der Waals surface area (Å²) >= 11 is 5.09. The maximum atomic E-state index is 5.09. The first kappa shape index (κ1) is 6.54. The van der Waals surface area contributed by atoms with Gasteiger partial charge < -0.3 is 0 Å². The largest absolute Gasteiger partial charge is 0.275 e. The summed E-state index contributed by atoms with van der Waals surface area (Å²) in [6.45, 7) is 0. The molecule has 0 aliphatic heterocycles. The van der Waals surface area contributed by atoms with Gasteiger partial charge in [-0.15, -0.1) is 0 Å². The Bertz CT molecular complexity index is 440. The minimum absolute atomic E-state index is 0.723. The van der Waals surface area contributed by atoms with E-state index in [4.69, 9.17) is 12.2 Å². The summed E-state index contributed by atoms with van der Waals surface area (Å²) in [4.78, 5) is 0. The van der Waals surface area contributed by atoms with Crippen molar-refractivity contribution in [2.24, 2.45) is 7.05 Å². The summed E-state index contributed by atoms with van der Waals surface area (Å²) < 4.78 is 4.28. The van der Waals surface area contributed by atoms with Crippen LogP contribution in [0.15, 0.2) is 24.4 Å². The maximum absolute atomic E-state index is 5.09. The number of hydrogen-bond acceptors (Lipinski definition) is 2. The van der Waals surface area contributed by atoms with E-state index >= 15 is 0 Å². The molecular formula is C7H7N3S. The summed E-state index contributed by atoms with van der Waals surface area (Å²) in [5.41, 5.74) is 0.889. The van der Waals surface area contributed by atoms with E-state index in [9.17, 15) is 0 Å². The molecule has 4 heteroatoms. The summed E-state index contributed by atoms with van der Waals surface area (Å²) in [5.74, 6) is 0. The van der Waals surface area contributed by atoms with Crippen molar-refractivity contribution < 1.29 is 0 Å². The van der Waals surface area contributed by atoms with Gasteiger partial charge in [0.05, 0.1) is 0 Å². The molecule has 0 amide bonds. The first-order valence-electron chi connectivity index (χ1n) is 3.29. The van der Waals surface area contributed by atoms with E-state index in [1.165, 1.54) is 0 Å². The standard InChI is InChI=1S/C7H7N3S/c1-9-7(11)10-5-3-2-4-6(10)8-9/h2-5H,1H3. The Kier molecular flexibility index (Phi) is 1.29. The van der Waals surface area contributed by atoms with Crippen molar-refractivity contribution in [2.45, 2.75) is 0 Å². The van der Waals surface area contributed by atoms with Crippen molar-refractivity contribution in [1.82, 2.24) is 14.2 Å². The normalized spacial score (nSPS) is 10.6. The van der Waals surface area contributed by atoms with Crippen LogP contribution >= 0.6 is 12.2 Å². The fourth-order valence-electron chi connectivity index (χ4n) is 1.03. The van der Waals surface area contributed by atoms with Gasteiger partial charge in [0.25, 0.3) is 0 Å². The average Bonchev–Trinajstić information content (AvgIpc) is 2.30. The van der Waals surface area contributed by atoms with Crippen LogP contribution in [-0.4, -0.2) is 14.2 Å². The minimum atomic E-state index is 0.723. The Balaban J connectivity index is 3.04. The van der Waals surface area contributed by atoms with Crippen LogP contribution < -0.4 is 0 Å². The van der Waals surface area contributed by atoms with E-state index in [1.54, 1.807) is 4.68 Å². The lowest BCUT2D eigenvalue weighted by atomic mass is 10.5. The number of nitrogens with zero attached hydrogens (tertiary/aromatic N) is 3. The van der Waals surface area contributed by atoms with Gasteiger partial charge >= 0.3 is 0 Å². The Hall–Kier alpha value is -1.16. The second-order valence-corrected chi connectivity index (χ2v) is 2.70. The van der Waals surface area contributed by atoms with Gasteiger partial charge in [0.1, 0.15) is 0 Å². The zero-order valence-corrected chi connectivity index (χ0v) is 6.88. The lowest BCUT2D eigenvalue weighted by Crippen LogP contribution is -1.88. The third-order valence-electron chi connectivity index (χ3n) is 1.57. The number of fused-ring (bicyclic) bond motifs is 1. The number of pyridine rings is 1. The molecule has 0 spiro atoms. The Morgan fingerprint density at radius 2 is 2.27 bits per heavy atom. The Morgan fingerprint density at radius 1 is 1.45 bits per heavy atom. The molecule has 11 heavy (non-hydrogen) atoms. The molecule has 0 saturated heterocycles. The molecule has 2 rings (SSSR count). The fourth-order valence-corrected chi connectivity index (χ4v) is 1.22. The molecule has 56 valence electrons. The first-order valence-corrected chi connectivity index (χ1v) is 3.70. The molecule has 0 unspecified atom stereocenters. The van der Waals surface area contributed by atoms with E-state index in [0.717, 1.165) is 10.4 Å². The van der Waals surface area contributed by atoms with Crippen LogP contribution in [0.3, 0.4) is 0 Å². The third-order valence-corrected chi connectivity index (χ3v) is 2.03. The number of aromatic nitrogens is 3. The van der Waals surface area contributed by atoms with Crippen molar-refractivity contribution in [3.63, 3.8) is 0 Å². The third kappa shape index (κ3) is 0.867. The van der Waals surface area contributed by atoms with Crippen LogP contribution in [0.5, 0.6) is 0 Å². The minimum Gasteiger partial charge on any atom is -0.275 e. The SMILES string of the molecule is Cn1nc2ccccn2c1=S. The van der Waals surface area contributed by atoms with Gasteiger partial charge in [-0.1, -0.05) is 6.07 Å². The molecule has 0 radical (unpaired) electrons. The van der Waals surface area contributed by atoms with Crippen LogP contribution in [0.25, 0.3) is 5.65 Å². The second-order valence-electron chi connectivity index (χ2n) is 2.34. The quantitative estimate of drug-likeness (QED) is 0.550. The van der Waals surface area contributed by atoms with Crippen LogP contribution in [0.1, 0.15) is 0 Å². The topological polar surface area (TPSA) is 22.2 Å². The molecule has 0 aliphatic rings. The van der Waals surface area contributed by atoms with Crippen molar-refractivity contribution in [1.29, 1.82) is 0 Å². The van der Waals surface area contributed by atoms with Gasteiger partial charge in [-0.2, -0.15) is 5.10 Å². The zero-order valence-electron chi connectivity index (χ0n) is 6.06. The highest BCUT2D eigenvalue weighted by atomic mass is 32.1. The van der Waals surface area contributed by atoms with E-state index in [2.05, 4.69) is 5.10 Å². The second kappa shape index (κ2) is 2.17. The summed E-state index contributed by atoms with van der Waals surface area (Å²) in [6, 6.07) is 5.80. The summed E-state index contributed by atoms with van der Waals surface area (Å²) in [5, 5.41) is 4.19. The van der Waals surface area contributed by atoms with Crippen molar-refractivity contribution >= 4 is 17.9 Å². The molecule has 0 aliphatic carbocycles. The molecule has 0 fully saturated rings. The molecular weight excluding hydrogens is 158 g/mol. The molecule has 0 N–H and O–H groups in total. The monoisotopic (exact) mass is 165 g/mol. The zero-order chi connectivity index (χ0) is 7.84. The van der Waals surface area contributed by atoms with Crippen LogP contribution in [0.2, 0.25) is 0 Å². The summed E-state index contributed by atoms with van der Waals surface area (Å²) in [6.07, 6.45) is 1.91. The van der Waals surface area contributed by atoms with Crippen molar-refractivity contribution in [3.8, 4) is 0 Å². The smallest absolute Gasteiger partial charge is 0.202 e. The highest BCUT2D eigenvalue weighted by Gasteiger charge is 1.95. The predicted octanol–water partition coefficient (Wildman–Crippen LogP) is 1.40. The molecule has 0 aromatic carbocycles. The van der Waals surface area contributed by atoms with Crippen LogP contribution in [0.4, 0.5) is 0 Å². The first-order chi connectivity index (χ1) is 5.29. The van der Waals surface area contributed by atoms with E-state index in [0.29, 0.717) is 0 Å². The van der Waals surface area contributed by atoms with Gasteiger partial charge in [-0.3, -0.25) is 4.40 Å². The highest BCUT2D eigenvalue weighted by Crippen LogP contribution is 1.99. The maximum Gasteiger partial charge on any atom is 0.202 e. The molecule has 3 nitrogen and oxygen atoms in total. The van der Waals surface area contributed by atoms with Crippen LogP contribution in [0, 0.1) is 4.77 Å².